The average Bonchev–Trinajstić information content (AvgIpc) is 2.37. The molecule has 5 nitrogen and oxygen atoms in total. The third-order valence-electron chi connectivity index (χ3n) is 3.28. The van der Waals surface area contributed by atoms with Crippen molar-refractivity contribution in [2.45, 2.75) is 76.7 Å². The smallest absolute Gasteiger partial charge is 0.335 e. The monoisotopic (exact) mass is 362 g/mol. The molecule has 0 bridgehead atoms. The second-order valence-corrected chi connectivity index (χ2v) is 19.7. The standard InChI is InChI=1S/C16H34O5Si2/c1-22(2,3)11-7-9-20-15(18)13-14(17)16(19)21-10-8-12-23(4,5)6/h14,17H,7-13H2,1-6H3. The van der Waals surface area contributed by atoms with Gasteiger partial charge in [-0.05, 0) is 12.8 Å². The molecule has 0 saturated carbocycles. The van der Waals surface area contributed by atoms with Crippen molar-refractivity contribution in [1.82, 2.24) is 0 Å². The number of hydrogen-bond acceptors (Lipinski definition) is 5. The van der Waals surface area contributed by atoms with Crippen molar-refractivity contribution in [2.24, 2.45) is 0 Å². The molecule has 1 N–H and O–H groups in total. The van der Waals surface area contributed by atoms with Crippen LogP contribution in [0.2, 0.25) is 51.4 Å². The van der Waals surface area contributed by atoms with Gasteiger partial charge in [-0.2, -0.15) is 0 Å². The van der Waals surface area contributed by atoms with E-state index in [1.807, 2.05) is 0 Å². The fraction of sp³-hybridized carbons (Fsp3) is 0.875. The Morgan fingerprint density at radius 2 is 1.30 bits per heavy atom. The number of aliphatic hydroxyl groups excluding tert-OH is 1. The van der Waals surface area contributed by atoms with Crippen LogP contribution in [-0.4, -0.2) is 52.5 Å². The van der Waals surface area contributed by atoms with Crippen molar-refractivity contribution in [2.75, 3.05) is 13.2 Å². The predicted molar refractivity (Wildman–Crippen MR) is 98.1 cm³/mol. The molecule has 7 heteroatoms. The van der Waals surface area contributed by atoms with Crippen LogP contribution >= 0.6 is 0 Å². The Bertz CT molecular complexity index is 372. The van der Waals surface area contributed by atoms with Gasteiger partial charge in [-0.3, -0.25) is 4.79 Å². The van der Waals surface area contributed by atoms with Crippen LogP contribution in [0.5, 0.6) is 0 Å². The predicted octanol–water partition coefficient (Wildman–Crippen LogP) is 3.28. The van der Waals surface area contributed by atoms with Gasteiger partial charge in [0.15, 0.2) is 6.10 Å². The van der Waals surface area contributed by atoms with Gasteiger partial charge < -0.3 is 14.6 Å². The molecule has 0 radical (unpaired) electrons. The molecule has 23 heavy (non-hydrogen) atoms. The minimum atomic E-state index is -1.42. The lowest BCUT2D eigenvalue weighted by Crippen LogP contribution is -2.28. The molecule has 0 aromatic carbocycles. The van der Waals surface area contributed by atoms with Gasteiger partial charge in [0.2, 0.25) is 0 Å². The Labute approximate surface area is 142 Å². The number of rotatable bonds is 11. The highest BCUT2D eigenvalue weighted by Crippen LogP contribution is 2.12. The van der Waals surface area contributed by atoms with Crippen LogP contribution in [0.25, 0.3) is 0 Å². The first-order valence-electron chi connectivity index (χ1n) is 8.41. The number of aliphatic hydroxyl groups is 1. The second kappa shape index (κ2) is 10.3. The summed E-state index contributed by atoms with van der Waals surface area (Å²) >= 11 is 0. The highest BCUT2D eigenvalue weighted by atomic mass is 28.3. The zero-order valence-electron chi connectivity index (χ0n) is 15.6. The molecule has 0 aliphatic carbocycles. The molecule has 1 atom stereocenters. The van der Waals surface area contributed by atoms with E-state index in [2.05, 4.69) is 39.3 Å². The number of esters is 2. The summed E-state index contributed by atoms with van der Waals surface area (Å²) in [4.78, 5) is 23.2. The molecule has 0 rings (SSSR count). The van der Waals surface area contributed by atoms with E-state index in [9.17, 15) is 14.7 Å². The van der Waals surface area contributed by atoms with Crippen LogP contribution in [0.3, 0.4) is 0 Å². The van der Waals surface area contributed by atoms with E-state index >= 15 is 0 Å². The molecule has 0 aliphatic rings. The fourth-order valence-electron chi connectivity index (χ4n) is 1.96. The van der Waals surface area contributed by atoms with Crippen LogP contribution in [0.1, 0.15) is 19.3 Å². The molecule has 0 fully saturated rings. The lowest BCUT2D eigenvalue weighted by molar-refractivity contribution is -0.160. The van der Waals surface area contributed by atoms with Crippen molar-refractivity contribution >= 4 is 28.1 Å². The number of hydrogen-bond donors (Lipinski definition) is 1. The molecule has 0 amide bonds. The minimum Gasteiger partial charge on any atom is -0.466 e. The number of carbonyl (C=O) groups excluding carboxylic acids is 2. The van der Waals surface area contributed by atoms with Crippen molar-refractivity contribution in [3.8, 4) is 0 Å². The van der Waals surface area contributed by atoms with Crippen LogP contribution < -0.4 is 0 Å². The van der Waals surface area contributed by atoms with Crippen LogP contribution in [0, 0.1) is 0 Å². The van der Waals surface area contributed by atoms with Gasteiger partial charge >= 0.3 is 11.9 Å². The van der Waals surface area contributed by atoms with Crippen molar-refractivity contribution in [3.05, 3.63) is 0 Å². The maximum absolute atomic E-state index is 11.6. The van der Waals surface area contributed by atoms with Crippen LogP contribution in [0.4, 0.5) is 0 Å². The van der Waals surface area contributed by atoms with Crippen LogP contribution in [-0.2, 0) is 19.1 Å². The van der Waals surface area contributed by atoms with E-state index in [0.29, 0.717) is 13.2 Å². The van der Waals surface area contributed by atoms with Crippen molar-refractivity contribution in [3.63, 3.8) is 0 Å². The summed E-state index contributed by atoms with van der Waals surface area (Å²) in [6.07, 6.45) is -0.125. The molecule has 0 heterocycles. The third kappa shape index (κ3) is 14.6. The summed E-state index contributed by atoms with van der Waals surface area (Å²) in [5.74, 6) is -1.29. The Morgan fingerprint density at radius 3 is 1.74 bits per heavy atom. The largest absolute Gasteiger partial charge is 0.466 e. The quantitative estimate of drug-likeness (QED) is 0.347. The SMILES string of the molecule is C[Si](C)(C)CCCOC(=O)CC(O)C(=O)OCCC[Si](C)(C)C. The van der Waals surface area contributed by atoms with E-state index in [1.165, 1.54) is 0 Å². The maximum Gasteiger partial charge on any atom is 0.335 e. The molecular weight excluding hydrogens is 328 g/mol. The van der Waals surface area contributed by atoms with Gasteiger partial charge in [-0.25, -0.2) is 4.79 Å². The second-order valence-electron chi connectivity index (χ2n) is 8.44. The van der Waals surface area contributed by atoms with Crippen molar-refractivity contribution in [1.29, 1.82) is 0 Å². The van der Waals surface area contributed by atoms with E-state index in [4.69, 9.17) is 9.47 Å². The Morgan fingerprint density at radius 1 is 0.870 bits per heavy atom. The van der Waals surface area contributed by atoms with Gasteiger partial charge in [-0.1, -0.05) is 51.4 Å². The fourth-order valence-corrected chi connectivity index (χ4v) is 4.37. The van der Waals surface area contributed by atoms with Crippen LogP contribution in [0.15, 0.2) is 0 Å². The average molecular weight is 363 g/mol. The molecule has 0 aromatic heterocycles. The topological polar surface area (TPSA) is 72.8 Å². The van der Waals surface area contributed by atoms with Gasteiger partial charge in [-0.15, -0.1) is 0 Å². The van der Waals surface area contributed by atoms with Gasteiger partial charge in [0, 0.05) is 16.1 Å². The summed E-state index contributed by atoms with van der Waals surface area (Å²) in [5.41, 5.74) is 0. The first-order chi connectivity index (χ1) is 10.4. The Kier molecular flexibility index (Phi) is 9.95. The van der Waals surface area contributed by atoms with Gasteiger partial charge in [0.05, 0.1) is 19.6 Å². The minimum absolute atomic E-state index is 0.297. The summed E-state index contributed by atoms with van der Waals surface area (Å²) in [7, 11) is -2.26. The number of carbonyl (C=O) groups is 2. The summed E-state index contributed by atoms with van der Waals surface area (Å²) in [6.45, 7) is 14.2. The molecule has 136 valence electrons. The van der Waals surface area contributed by atoms with E-state index < -0.39 is 34.2 Å². The molecule has 0 spiro atoms. The van der Waals surface area contributed by atoms with E-state index in [0.717, 1.165) is 24.9 Å². The Balaban J connectivity index is 3.83. The summed E-state index contributed by atoms with van der Waals surface area (Å²) in [5, 5.41) is 9.67. The highest BCUT2D eigenvalue weighted by Gasteiger charge is 2.22. The van der Waals surface area contributed by atoms with Crippen molar-refractivity contribution < 1.29 is 24.2 Å². The van der Waals surface area contributed by atoms with E-state index in [1.54, 1.807) is 0 Å². The normalized spacial score (nSPS) is 13.5. The number of ether oxygens (including phenoxy) is 2. The summed E-state index contributed by atoms with van der Waals surface area (Å²) in [6, 6.07) is 2.15. The third-order valence-corrected chi connectivity index (χ3v) is 6.99. The van der Waals surface area contributed by atoms with Gasteiger partial charge in [0.25, 0.3) is 0 Å². The molecule has 0 saturated heterocycles. The summed E-state index contributed by atoms with van der Waals surface area (Å²) < 4.78 is 10.1. The lowest BCUT2D eigenvalue weighted by Gasteiger charge is -2.16. The maximum atomic E-state index is 11.6. The first kappa shape index (κ1) is 22.3. The highest BCUT2D eigenvalue weighted by molar-refractivity contribution is 6.76. The zero-order chi connectivity index (χ0) is 18.1. The molecule has 0 aromatic rings. The molecule has 0 aliphatic heterocycles. The lowest BCUT2D eigenvalue weighted by atomic mass is 10.2. The molecular formula is C16H34O5Si2. The van der Waals surface area contributed by atoms with E-state index in [-0.39, 0.29) is 6.42 Å². The molecule has 1 unspecified atom stereocenters. The first-order valence-corrected chi connectivity index (χ1v) is 15.8. The van der Waals surface area contributed by atoms with Gasteiger partial charge in [0.1, 0.15) is 0 Å². The Hall–Kier alpha value is -0.666. The zero-order valence-corrected chi connectivity index (χ0v) is 17.6.